The van der Waals surface area contributed by atoms with Gasteiger partial charge in [-0.3, -0.25) is 14.9 Å². The molecule has 1 aromatic carbocycles. The van der Waals surface area contributed by atoms with Crippen molar-refractivity contribution in [1.82, 2.24) is 4.57 Å². The van der Waals surface area contributed by atoms with Gasteiger partial charge in [0.25, 0.3) is 5.69 Å². The first-order valence-corrected chi connectivity index (χ1v) is 10.0. The number of carbonyl (C=O) groups is 2. The van der Waals surface area contributed by atoms with Gasteiger partial charge in [0, 0.05) is 18.0 Å². The predicted molar refractivity (Wildman–Crippen MR) is 108 cm³/mol. The molecule has 2 atom stereocenters. The second kappa shape index (κ2) is 9.01. The van der Waals surface area contributed by atoms with Gasteiger partial charge in [-0.25, -0.2) is 4.79 Å². The Morgan fingerprint density at radius 3 is 2.90 bits per heavy atom. The third kappa shape index (κ3) is 4.73. The molecule has 1 fully saturated rings. The van der Waals surface area contributed by atoms with Crippen LogP contribution in [0.5, 0.6) is 0 Å². The maximum atomic E-state index is 11.9. The highest BCUT2D eigenvalue weighted by Crippen LogP contribution is 2.32. The number of hydrogen-bond donors (Lipinski definition) is 1. The number of rotatable bonds is 9. The van der Waals surface area contributed by atoms with Gasteiger partial charge in [0.2, 0.25) is 0 Å². The number of aliphatic hydroxyl groups is 1. The first-order valence-electron chi connectivity index (χ1n) is 9.66. The molecule has 9 nitrogen and oxygen atoms in total. The van der Waals surface area contributed by atoms with E-state index < -0.39 is 35.0 Å². The fourth-order valence-corrected chi connectivity index (χ4v) is 3.96. The zero-order valence-electron chi connectivity index (χ0n) is 16.5. The zero-order chi connectivity index (χ0) is 21.9. The molecule has 0 amide bonds. The normalized spacial score (nSPS) is 21.0. The fraction of sp³-hybridized carbons (Fsp3) is 0.500. The van der Waals surface area contributed by atoms with E-state index >= 15 is 0 Å². The Labute approximate surface area is 177 Å². The van der Waals surface area contributed by atoms with Gasteiger partial charge in [-0.15, -0.1) is 0 Å². The number of fused-ring (bicyclic) bond motifs is 1. The van der Waals surface area contributed by atoms with Crippen molar-refractivity contribution in [2.45, 2.75) is 56.8 Å². The van der Waals surface area contributed by atoms with Crippen LogP contribution in [0.4, 0.5) is 5.69 Å². The molecular weight excluding hydrogens is 416 g/mol. The zero-order valence-corrected chi connectivity index (χ0v) is 17.3. The molecule has 162 valence electrons. The Bertz CT molecular complexity index is 973. The summed E-state index contributed by atoms with van der Waals surface area (Å²) in [6, 6.07) is 5.06. The Kier molecular flexibility index (Phi) is 6.62. The van der Waals surface area contributed by atoms with Crippen molar-refractivity contribution in [3.05, 3.63) is 39.5 Å². The second-order valence-corrected chi connectivity index (χ2v) is 7.93. The van der Waals surface area contributed by atoms with Crippen LogP contribution < -0.4 is 0 Å². The monoisotopic (exact) mass is 438 g/mol. The van der Waals surface area contributed by atoms with Crippen LogP contribution in [0.1, 0.15) is 38.5 Å². The van der Waals surface area contributed by atoms with Crippen LogP contribution in [0.25, 0.3) is 10.9 Å². The molecule has 1 aromatic heterocycles. The topological polar surface area (TPSA) is 121 Å². The number of nitro groups is 1. The van der Waals surface area contributed by atoms with Gasteiger partial charge in [0.05, 0.1) is 35.6 Å². The van der Waals surface area contributed by atoms with Gasteiger partial charge in [0.1, 0.15) is 6.10 Å². The van der Waals surface area contributed by atoms with E-state index in [0.29, 0.717) is 23.4 Å². The van der Waals surface area contributed by atoms with Gasteiger partial charge in [-0.05, 0) is 37.5 Å². The maximum Gasteiger partial charge on any atom is 0.339 e. The molecule has 2 heterocycles. The summed E-state index contributed by atoms with van der Waals surface area (Å²) in [7, 11) is 1.20. The van der Waals surface area contributed by atoms with Gasteiger partial charge in [-0.2, -0.15) is 0 Å². The molecule has 0 unspecified atom stereocenters. The summed E-state index contributed by atoms with van der Waals surface area (Å²) in [6.07, 6.45) is 3.63. The number of carbonyl (C=O) groups excluding carboxylic acids is 2. The van der Waals surface area contributed by atoms with E-state index in [-0.39, 0.29) is 12.1 Å². The summed E-state index contributed by atoms with van der Waals surface area (Å²) in [5, 5.41) is 22.5. The lowest BCUT2D eigenvalue weighted by Gasteiger charge is -2.15. The summed E-state index contributed by atoms with van der Waals surface area (Å²) in [6.45, 7) is 0.600. The molecule has 10 heteroatoms. The number of ether oxygens (including phenoxy) is 2. The molecular formula is C20H23ClN2O7. The smallest absolute Gasteiger partial charge is 0.339 e. The molecule has 0 aliphatic carbocycles. The van der Waals surface area contributed by atoms with Crippen molar-refractivity contribution < 1.29 is 29.1 Å². The number of unbranched alkanes of at least 4 members (excludes halogenated alkanes) is 2. The molecule has 1 N–H and O–H groups in total. The minimum atomic E-state index is -1.82. The lowest BCUT2D eigenvalue weighted by Crippen LogP contribution is -2.37. The quantitative estimate of drug-likeness (QED) is 0.275. The fourth-order valence-electron chi connectivity index (χ4n) is 3.79. The van der Waals surface area contributed by atoms with Crippen LogP contribution in [0, 0.1) is 10.1 Å². The lowest BCUT2D eigenvalue weighted by molar-refractivity contribution is -0.383. The number of methoxy groups -OCH3 is 1. The molecule has 1 aliphatic heterocycles. The summed E-state index contributed by atoms with van der Waals surface area (Å²) >= 11 is 5.97. The van der Waals surface area contributed by atoms with Crippen LogP contribution in [0.15, 0.2) is 24.4 Å². The number of cyclic esters (lactones) is 1. The lowest BCUT2D eigenvalue weighted by atomic mass is 9.94. The maximum absolute atomic E-state index is 11.9. The van der Waals surface area contributed by atoms with Crippen molar-refractivity contribution in [2.75, 3.05) is 7.11 Å². The minimum Gasteiger partial charge on any atom is -0.469 e. The Balaban J connectivity index is 1.50. The van der Waals surface area contributed by atoms with E-state index in [1.165, 1.54) is 13.3 Å². The Morgan fingerprint density at radius 1 is 1.43 bits per heavy atom. The molecule has 1 saturated heterocycles. The van der Waals surface area contributed by atoms with E-state index in [1.54, 1.807) is 18.2 Å². The highest BCUT2D eigenvalue weighted by Gasteiger charge is 2.49. The number of aromatic nitrogens is 1. The first-order chi connectivity index (χ1) is 14.2. The highest BCUT2D eigenvalue weighted by molar-refractivity contribution is 6.31. The van der Waals surface area contributed by atoms with Gasteiger partial charge in [-0.1, -0.05) is 18.0 Å². The predicted octanol–water partition coefficient (Wildman–Crippen LogP) is 3.37. The minimum absolute atomic E-state index is 0.0234. The molecule has 2 aromatic rings. The molecule has 0 radical (unpaired) electrons. The average molecular weight is 439 g/mol. The number of hydrogen-bond acceptors (Lipinski definition) is 7. The molecule has 30 heavy (non-hydrogen) atoms. The third-order valence-corrected chi connectivity index (χ3v) is 5.56. The summed E-state index contributed by atoms with van der Waals surface area (Å²) in [4.78, 5) is 34.1. The van der Waals surface area contributed by atoms with E-state index in [2.05, 4.69) is 4.74 Å². The summed E-state index contributed by atoms with van der Waals surface area (Å²) < 4.78 is 11.5. The third-order valence-electron chi connectivity index (χ3n) is 5.33. The van der Waals surface area contributed by atoms with Crippen LogP contribution >= 0.6 is 11.6 Å². The van der Waals surface area contributed by atoms with Crippen molar-refractivity contribution in [3.8, 4) is 0 Å². The Hall–Kier alpha value is -2.65. The van der Waals surface area contributed by atoms with Crippen LogP contribution in [-0.2, 0) is 25.6 Å². The molecule has 1 aliphatic rings. The number of benzene rings is 1. The van der Waals surface area contributed by atoms with Crippen molar-refractivity contribution in [3.63, 3.8) is 0 Å². The first kappa shape index (κ1) is 22.0. The summed E-state index contributed by atoms with van der Waals surface area (Å²) in [5.41, 5.74) is -1.04. The average Bonchev–Trinajstić information content (AvgIpc) is 3.18. The number of aryl methyl sites for hydroxylation is 1. The summed E-state index contributed by atoms with van der Waals surface area (Å²) in [5.74, 6) is -1.45. The molecule has 0 bridgehead atoms. The van der Waals surface area contributed by atoms with Crippen molar-refractivity contribution >= 4 is 40.1 Å². The number of nitrogens with zero attached hydrogens (tertiary/aromatic N) is 2. The van der Waals surface area contributed by atoms with Crippen LogP contribution in [0.3, 0.4) is 0 Å². The van der Waals surface area contributed by atoms with Gasteiger partial charge < -0.3 is 19.1 Å². The Morgan fingerprint density at radius 2 is 2.20 bits per heavy atom. The van der Waals surface area contributed by atoms with Crippen molar-refractivity contribution in [2.24, 2.45) is 0 Å². The van der Waals surface area contributed by atoms with Crippen LogP contribution in [-0.4, -0.2) is 45.4 Å². The van der Waals surface area contributed by atoms with E-state index in [1.807, 2.05) is 4.57 Å². The molecule has 0 saturated carbocycles. The van der Waals surface area contributed by atoms with E-state index in [4.69, 9.17) is 16.3 Å². The molecule has 0 spiro atoms. The highest BCUT2D eigenvalue weighted by atomic mass is 35.5. The van der Waals surface area contributed by atoms with Gasteiger partial charge >= 0.3 is 11.9 Å². The standard InChI is InChI=1S/C20H23ClN2O7/c1-29-18(24)11-20(26)10-14(30-19(20)25)5-3-2-4-8-22-12-17(23(27)28)15-9-13(21)6-7-16(15)22/h6-7,9,12,14,26H,2-5,8,10-11H2,1H3/t14-,20+/m1/s1. The molecule has 3 rings (SSSR count). The van der Waals surface area contributed by atoms with E-state index in [0.717, 1.165) is 24.8 Å². The van der Waals surface area contributed by atoms with Crippen LogP contribution in [0.2, 0.25) is 5.02 Å². The number of halogens is 1. The largest absolute Gasteiger partial charge is 0.469 e. The SMILES string of the molecule is COC(=O)C[C@@]1(O)C[C@@H](CCCCCn2cc([N+](=O)[O-])c3cc(Cl)ccc32)OC1=O. The van der Waals surface area contributed by atoms with Crippen molar-refractivity contribution in [1.29, 1.82) is 0 Å². The van der Waals surface area contributed by atoms with E-state index in [9.17, 15) is 24.8 Å². The van der Waals surface area contributed by atoms with Gasteiger partial charge in [0.15, 0.2) is 5.60 Å². The number of esters is 2. The second-order valence-electron chi connectivity index (χ2n) is 7.49.